The van der Waals surface area contributed by atoms with E-state index in [0.717, 1.165) is 17.7 Å². The van der Waals surface area contributed by atoms with Crippen molar-refractivity contribution in [1.29, 1.82) is 0 Å². The summed E-state index contributed by atoms with van der Waals surface area (Å²) in [5.41, 5.74) is 0.998. The van der Waals surface area contributed by atoms with E-state index in [1.807, 2.05) is 38.1 Å². The average Bonchev–Trinajstić information content (AvgIpc) is 2.48. The molecule has 0 aromatic heterocycles. The van der Waals surface area contributed by atoms with Gasteiger partial charge in [0.25, 0.3) is 0 Å². The number of hydrogen-bond donors (Lipinski definition) is 1. The number of para-hydroxylation sites is 1. The third-order valence-corrected chi connectivity index (χ3v) is 4.16. The van der Waals surface area contributed by atoms with E-state index in [9.17, 15) is 9.59 Å². The van der Waals surface area contributed by atoms with Crippen LogP contribution in [-0.2, 0) is 9.59 Å². The molecule has 1 aromatic carbocycles. The van der Waals surface area contributed by atoms with E-state index < -0.39 is 6.04 Å². The molecule has 2 unspecified atom stereocenters. The molecule has 0 spiro atoms. The number of carbonyl (C=O) groups is 2. The van der Waals surface area contributed by atoms with E-state index >= 15 is 0 Å². The first-order valence-corrected chi connectivity index (χ1v) is 7.40. The Hall–Kier alpha value is -2.04. The molecule has 3 rings (SSSR count). The van der Waals surface area contributed by atoms with Crippen LogP contribution in [0.5, 0.6) is 5.75 Å². The molecule has 2 amide bonds. The lowest BCUT2D eigenvalue weighted by atomic mass is 9.92. The van der Waals surface area contributed by atoms with Crippen LogP contribution in [0.1, 0.15) is 31.9 Å². The van der Waals surface area contributed by atoms with Crippen LogP contribution < -0.4 is 10.1 Å². The van der Waals surface area contributed by atoms with Gasteiger partial charge in [0.2, 0.25) is 11.8 Å². The van der Waals surface area contributed by atoms with Crippen molar-refractivity contribution < 1.29 is 14.3 Å². The molecule has 1 fully saturated rings. The monoisotopic (exact) mass is 288 g/mol. The molecule has 112 valence electrons. The van der Waals surface area contributed by atoms with Gasteiger partial charge in [-0.05, 0) is 12.0 Å². The normalized spacial score (nSPS) is 25.4. The maximum atomic E-state index is 12.4. The number of hydrogen-bond acceptors (Lipinski definition) is 3. The Morgan fingerprint density at radius 2 is 2.05 bits per heavy atom. The highest BCUT2D eigenvalue weighted by Crippen LogP contribution is 2.38. The fourth-order valence-electron chi connectivity index (χ4n) is 3.24. The van der Waals surface area contributed by atoms with Crippen LogP contribution in [0.3, 0.4) is 0 Å². The van der Waals surface area contributed by atoms with E-state index in [1.165, 1.54) is 0 Å². The van der Waals surface area contributed by atoms with Crippen LogP contribution >= 0.6 is 0 Å². The quantitative estimate of drug-likeness (QED) is 0.897. The fourth-order valence-corrected chi connectivity index (χ4v) is 3.24. The highest BCUT2D eigenvalue weighted by atomic mass is 16.5. The number of nitrogens with one attached hydrogen (secondary N) is 1. The van der Waals surface area contributed by atoms with Crippen molar-refractivity contribution >= 4 is 11.8 Å². The molecular formula is C16H20N2O3. The molecule has 2 aliphatic rings. The highest BCUT2D eigenvalue weighted by Gasteiger charge is 2.42. The molecule has 21 heavy (non-hydrogen) atoms. The Balaban J connectivity index is 2.01. The van der Waals surface area contributed by atoms with Crippen LogP contribution in [0.4, 0.5) is 0 Å². The average molecular weight is 288 g/mol. The van der Waals surface area contributed by atoms with Gasteiger partial charge in [0.1, 0.15) is 11.8 Å². The van der Waals surface area contributed by atoms with Gasteiger partial charge in [-0.25, -0.2) is 0 Å². The molecule has 0 saturated carbocycles. The number of nitrogens with zero attached hydrogens (tertiary/aromatic N) is 1. The minimum absolute atomic E-state index is 0.0185. The van der Waals surface area contributed by atoms with Gasteiger partial charge < -0.3 is 15.0 Å². The van der Waals surface area contributed by atoms with Crippen molar-refractivity contribution in [2.45, 2.75) is 32.4 Å². The third-order valence-electron chi connectivity index (χ3n) is 4.16. The Labute approximate surface area is 124 Å². The van der Waals surface area contributed by atoms with Gasteiger partial charge in [0, 0.05) is 12.0 Å². The second kappa shape index (κ2) is 5.39. The van der Waals surface area contributed by atoms with Gasteiger partial charge in [-0.15, -0.1) is 0 Å². The predicted octanol–water partition coefficient (Wildman–Crippen LogP) is 1.49. The maximum Gasteiger partial charge on any atom is 0.243 e. The van der Waals surface area contributed by atoms with E-state index in [4.69, 9.17) is 4.74 Å². The largest absolute Gasteiger partial charge is 0.493 e. The number of piperazine rings is 1. The van der Waals surface area contributed by atoms with Crippen molar-refractivity contribution in [2.24, 2.45) is 5.92 Å². The lowest BCUT2D eigenvalue weighted by Gasteiger charge is -2.44. The van der Waals surface area contributed by atoms with Gasteiger partial charge in [-0.2, -0.15) is 0 Å². The molecule has 1 N–H and O–H groups in total. The lowest BCUT2D eigenvalue weighted by molar-refractivity contribution is -0.151. The molecule has 2 heterocycles. The molecule has 5 nitrogen and oxygen atoms in total. The molecule has 0 bridgehead atoms. The van der Waals surface area contributed by atoms with Gasteiger partial charge in [-0.1, -0.05) is 32.0 Å². The van der Waals surface area contributed by atoms with Gasteiger partial charge in [-0.3, -0.25) is 9.59 Å². The SMILES string of the molecule is CC(C)C1C(=O)NCC(=O)N1C1CCOc2ccccc21. The molecule has 0 radical (unpaired) electrons. The second-order valence-corrected chi connectivity index (χ2v) is 5.90. The molecule has 0 aliphatic carbocycles. The summed E-state index contributed by atoms with van der Waals surface area (Å²) in [4.78, 5) is 26.4. The fraction of sp³-hybridized carbons (Fsp3) is 0.500. The molecular weight excluding hydrogens is 268 g/mol. The number of benzene rings is 1. The van der Waals surface area contributed by atoms with Crippen LogP contribution in [0.15, 0.2) is 24.3 Å². The number of carbonyl (C=O) groups excluding carboxylic acids is 2. The Morgan fingerprint density at radius 1 is 1.29 bits per heavy atom. The zero-order valence-corrected chi connectivity index (χ0v) is 12.3. The number of ether oxygens (including phenoxy) is 1. The first-order valence-electron chi connectivity index (χ1n) is 7.40. The molecule has 1 aromatic rings. The summed E-state index contributed by atoms with van der Waals surface area (Å²) in [6.07, 6.45) is 0.721. The molecule has 2 atom stereocenters. The smallest absolute Gasteiger partial charge is 0.243 e. The number of rotatable bonds is 2. The van der Waals surface area contributed by atoms with Crippen LogP contribution in [0.25, 0.3) is 0 Å². The zero-order chi connectivity index (χ0) is 15.0. The van der Waals surface area contributed by atoms with Crippen molar-refractivity contribution in [1.82, 2.24) is 10.2 Å². The van der Waals surface area contributed by atoms with Crippen molar-refractivity contribution in [2.75, 3.05) is 13.2 Å². The number of amides is 2. The molecule has 5 heteroatoms. The second-order valence-electron chi connectivity index (χ2n) is 5.90. The third kappa shape index (κ3) is 2.37. The molecule has 2 aliphatic heterocycles. The highest BCUT2D eigenvalue weighted by molar-refractivity contribution is 5.95. The zero-order valence-electron chi connectivity index (χ0n) is 12.3. The Bertz CT molecular complexity index is 570. The first kappa shape index (κ1) is 13.9. The van der Waals surface area contributed by atoms with Crippen LogP contribution in [0.2, 0.25) is 0 Å². The predicted molar refractivity (Wildman–Crippen MR) is 77.8 cm³/mol. The summed E-state index contributed by atoms with van der Waals surface area (Å²) < 4.78 is 5.66. The Morgan fingerprint density at radius 3 is 2.81 bits per heavy atom. The summed E-state index contributed by atoms with van der Waals surface area (Å²) in [6.45, 7) is 4.60. The van der Waals surface area contributed by atoms with Gasteiger partial charge >= 0.3 is 0 Å². The summed E-state index contributed by atoms with van der Waals surface area (Å²) >= 11 is 0. The topological polar surface area (TPSA) is 58.6 Å². The van der Waals surface area contributed by atoms with Crippen molar-refractivity contribution in [3.05, 3.63) is 29.8 Å². The summed E-state index contributed by atoms with van der Waals surface area (Å²) in [5.74, 6) is 0.808. The van der Waals surface area contributed by atoms with E-state index in [1.54, 1.807) is 4.90 Å². The maximum absolute atomic E-state index is 12.4. The summed E-state index contributed by atoms with van der Waals surface area (Å²) in [7, 11) is 0. The van der Waals surface area contributed by atoms with E-state index in [2.05, 4.69) is 5.32 Å². The van der Waals surface area contributed by atoms with E-state index in [-0.39, 0.29) is 30.3 Å². The first-order chi connectivity index (χ1) is 10.1. The standard InChI is InChI=1S/C16H20N2O3/c1-10(2)15-16(20)17-9-14(19)18(15)12-7-8-21-13-6-4-3-5-11(12)13/h3-6,10,12,15H,7-9H2,1-2H3,(H,17,20). The Kier molecular flexibility index (Phi) is 3.57. The number of fused-ring (bicyclic) bond motifs is 1. The van der Waals surface area contributed by atoms with E-state index in [0.29, 0.717) is 6.61 Å². The summed E-state index contributed by atoms with van der Waals surface area (Å²) in [5, 5.41) is 2.69. The summed E-state index contributed by atoms with van der Waals surface area (Å²) in [6, 6.07) is 7.27. The molecule has 1 saturated heterocycles. The van der Waals surface area contributed by atoms with Crippen LogP contribution in [-0.4, -0.2) is 35.9 Å². The van der Waals surface area contributed by atoms with Crippen molar-refractivity contribution in [3.63, 3.8) is 0 Å². The van der Waals surface area contributed by atoms with Crippen molar-refractivity contribution in [3.8, 4) is 5.75 Å². The van der Waals surface area contributed by atoms with Gasteiger partial charge in [0.05, 0.1) is 19.2 Å². The van der Waals surface area contributed by atoms with Gasteiger partial charge in [0.15, 0.2) is 0 Å². The van der Waals surface area contributed by atoms with Crippen LogP contribution in [0, 0.1) is 5.92 Å². The minimum Gasteiger partial charge on any atom is -0.493 e. The lowest BCUT2D eigenvalue weighted by Crippen LogP contribution is -2.61. The minimum atomic E-state index is -0.414.